The fraction of sp³-hybridized carbons (Fsp3) is 0.143. The summed E-state index contributed by atoms with van der Waals surface area (Å²) in [6.45, 7) is 0.228. The average molecular weight is 353 g/mol. The number of halogens is 1. The van der Waals surface area contributed by atoms with Gasteiger partial charge in [0, 0.05) is 34.6 Å². The molecule has 0 fully saturated rings. The zero-order chi connectivity index (χ0) is 15.4. The van der Waals surface area contributed by atoms with Gasteiger partial charge >= 0.3 is 5.97 Å². The maximum absolute atomic E-state index is 11.1. The summed E-state index contributed by atoms with van der Waals surface area (Å²) in [4.78, 5) is 15.1. The summed E-state index contributed by atoms with van der Waals surface area (Å²) in [5.41, 5.74) is 6.59. The monoisotopic (exact) mass is 352 g/mol. The molecule has 0 atom stereocenters. The number of hydrogen-bond acceptors (Lipinski definition) is 5. The molecule has 0 amide bonds. The normalized spacial score (nSPS) is 10.2. The molecule has 7 heteroatoms. The van der Waals surface area contributed by atoms with Crippen molar-refractivity contribution in [1.82, 2.24) is 4.98 Å². The van der Waals surface area contributed by atoms with Crippen LogP contribution in [0.3, 0.4) is 0 Å². The van der Waals surface area contributed by atoms with E-state index in [1.807, 2.05) is 6.07 Å². The summed E-state index contributed by atoms with van der Waals surface area (Å²) in [5.74, 6) is -0.436. The number of carboxylic acids is 1. The van der Waals surface area contributed by atoms with Crippen molar-refractivity contribution in [2.75, 3.05) is 12.8 Å². The molecule has 0 unspecified atom stereocenters. The average Bonchev–Trinajstić information content (AvgIpc) is 2.45. The molecule has 6 nitrogen and oxygen atoms in total. The lowest BCUT2D eigenvalue weighted by Gasteiger charge is -2.13. The number of nitrogen functional groups attached to an aromatic ring is 1. The Labute approximate surface area is 129 Å². The first-order valence-electron chi connectivity index (χ1n) is 5.94. The van der Waals surface area contributed by atoms with Gasteiger partial charge in [-0.3, -0.25) is 4.98 Å². The smallest absolute Gasteiger partial charge is 0.337 e. The van der Waals surface area contributed by atoms with Crippen molar-refractivity contribution in [3.05, 3.63) is 46.2 Å². The van der Waals surface area contributed by atoms with Gasteiger partial charge in [-0.1, -0.05) is 0 Å². The zero-order valence-electron chi connectivity index (χ0n) is 11.2. The first-order valence-corrected chi connectivity index (χ1v) is 6.73. The van der Waals surface area contributed by atoms with Gasteiger partial charge in [0.2, 0.25) is 0 Å². The van der Waals surface area contributed by atoms with Crippen LogP contribution in [0.15, 0.2) is 35.1 Å². The fourth-order valence-corrected chi connectivity index (χ4v) is 2.14. The molecule has 3 N–H and O–H groups in total. The number of nitrogens with zero attached hydrogens (tertiary/aromatic N) is 1. The van der Waals surface area contributed by atoms with Crippen molar-refractivity contribution in [3.8, 4) is 11.5 Å². The third-order valence-corrected chi connectivity index (χ3v) is 3.16. The van der Waals surface area contributed by atoms with E-state index < -0.39 is 5.97 Å². The number of carbonyl (C=O) groups is 1. The number of ether oxygens (including phenoxy) is 2. The van der Waals surface area contributed by atoms with E-state index >= 15 is 0 Å². The van der Waals surface area contributed by atoms with E-state index in [1.165, 1.54) is 19.2 Å². The predicted octanol–water partition coefficient (Wildman–Crippen LogP) is 2.71. The summed E-state index contributed by atoms with van der Waals surface area (Å²) in [6.07, 6.45) is 3.32. The molecule has 1 heterocycles. The number of nitrogens with two attached hydrogens (primary N) is 1. The number of benzene rings is 1. The highest BCUT2D eigenvalue weighted by Gasteiger charge is 2.15. The molecule has 110 valence electrons. The van der Waals surface area contributed by atoms with Gasteiger partial charge in [-0.2, -0.15) is 0 Å². The largest absolute Gasteiger partial charge is 0.493 e. The second kappa shape index (κ2) is 6.45. The van der Waals surface area contributed by atoms with Crippen molar-refractivity contribution >= 4 is 27.6 Å². The Kier molecular flexibility index (Phi) is 4.64. The van der Waals surface area contributed by atoms with Crippen LogP contribution < -0.4 is 15.2 Å². The van der Waals surface area contributed by atoms with Crippen LogP contribution in [0.25, 0.3) is 0 Å². The quantitative estimate of drug-likeness (QED) is 0.803. The molecule has 2 aromatic rings. The lowest BCUT2D eigenvalue weighted by atomic mass is 10.1. The number of rotatable bonds is 5. The van der Waals surface area contributed by atoms with Gasteiger partial charge in [0.15, 0.2) is 11.5 Å². The molecule has 1 aromatic heterocycles. The van der Waals surface area contributed by atoms with E-state index in [4.69, 9.17) is 20.3 Å². The topological polar surface area (TPSA) is 94.7 Å². The zero-order valence-corrected chi connectivity index (χ0v) is 12.8. The second-order valence-corrected chi connectivity index (χ2v) is 5.11. The van der Waals surface area contributed by atoms with E-state index in [9.17, 15) is 4.79 Å². The number of hydrogen-bond donors (Lipinski definition) is 2. The Balaban J connectivity index is 2.26. The van der Waals surface area contributed by atoms with E-state index in [-0.39, 0.29) is 17.9 Å². The van der Waals surface area contributed by atoms with Gasteiger partial charge in [-0.05, 0) is 22.0 Å². The standard InChI is InChI=1S/C14H13BrN2O4/c1-20-12-4-11(16)10(14(18)19)3-13(12)21-7-8-2-9(15)6-17-5-8/h2-6H,7,16H2,1H3,(H,18,19). The van der Waals surface area contributed by atoms with Crippen LogP contribution in [0.5, 0.6) is 11.5 Å². The molecule has 0 saturated heterocycles. The molecule has 1 aromatic carbocycles. The summed E-state index contributed by atoms with van der Waals surface area (Å²) in [5, 5.41) is 9.08. The van der Waals surface area contributed by atoms with E-state index in [1.54, 1.807) is 12.4 Å². The minimum atomic E-state index is -1.12. The third-order valence-electron chi connectivity index (χ3n) is 2.72. The van der Waals surface area contributed by atoms with Crippen molar-refractivity contribution in [2.45, 2.75) is 6.61 Å². The molecule has 0 aliphatic heterocycles. The van der Waals surface area contributed by atoms with Crippen LogP contribution in [0.1, 0.15) is 15.9 Å². The van der Waals surface area contributed by atoms with Crippen molar-refractivity contribution in [1.29, 1.82) is 0 Å². The van der Waals surface area contributed by atoms with Crippen molar-refractivity contribution in [2.24, 2.45) is 0 Å². The summed E-state index contributed by atoms with van der Waals surface area (Å²) in [6, 6.07) is 4.63. The Morgan fingerprint density at radius 3 is 2.71 bits per heavy atom. The second-order valence-electron chi connectivity index (χ2n) is 4.20. The molecule has 0 aliphatic carbocycles. The van der Waals surface area contributed by atoms with E-state index in [0.29, 0.717) is 11.5 Å². The SMILES string of the molecule is COc1cc(N)c(C(=O)O)cc1OCc1cncc(Br)c1. The highest BCUT2D eigenvalue weighted by Crippen LogP contribution is 2.32. The van der Waals surface area contributed by atoms with Crippen molar-refractivity contribution < 1.29 is 19.4 Å². The van der Waals surface area contributed by atoms with Gasteiger partial charge in [-0.15, -0.1) is 0 Å². The minimum Gasteiger partial charge on any atom is -0.493 e. The molecule has 0 aliphatic rings. The van der Waals surface area contributed by atoms with Gasteiger partial charge < -0.3 is 20.3 Å². The summed E-state index contributed by atoms with van der Waals surface area (Å²) >= 11 is 3.32. The number of pyridine rings is 1. The number of anilines is 1. The number of aromatic carboxylic acids is 1. The minimum absolute atomic E-state index is 0.0295. The van der Waals surface area contributed by atoms with Crippen LogP contribution in [0.2, 0.25) is 0 Å². The summed E-state index contributed by atoms with van der Waals surface area (Å²) in [7, 11) is 1.46. The molecule has 0 saturated carbocycles. The number of methoxy groups -OCH3 is 1. The van der Waals surface area contributed by atoms with Crippen LogP contribution in [0, 0.1) is 0 Å². The molecule has 2 rings (SSSR count). The molecule has 0 radical (unpaired) electrons. The highest BCUT2D eigenvalue weighted by molar-refractivity contribution is 9.10. The molecular weight excluding hydrogens is 340 g/mol. The molecule has 21 heavy (non-hydrogen) atoms. The summed E-state index contributed by atoms with van der Waals surface area (Å²) < 4.78 is 11.6. The lowest BCUT2D eigenvalue weighted by molar-refractivity contribution is 0.0697. The first kappa shape index (κ1) is 15.1. The van der Waals surface area contributed by atoms with Crippen LogP contribution in [-0.4, -0.2) is 23.2 Å². The van der Waals surface area contributed by atoms with Crippen LogP contribution in [-0.2, 0) is 6.61 Å². The van der Waals surface area contributed by atoms with Gasteiger partial charge in [0.25, 0.3) is 0 Å². The number of carboxylic acid groups (broad SMARTS) is 1. The van der Waals surface area contributed by atoms with Crippen LogP contribution >= 0.6 is 15.9 Å². The molecule has 0 bridgehead atoms. The van der Waals surface area contributed by atoms with Gasteiger partial charge in [0.1, 0.15) is 6.61 Å². The number of aromatic nitrogens is 1. The van der Waals surface area contributed by atoms with Gasteiger partial charge in [0.05, 0.1) is 18.4 Å². The van der Waals surface area contributed by atoms with E-state index in [2.05, 4.69) is 20.9 Å². The Morgan fingerprint density at radius 2 is 2.10 bits per heavy atom. The predicted molar refractivity (Wildman–Crippen MR) is 80.6 cm³/mol. The fourth-order valence-electron chi connectivity index (χ4n) is 1.73. The Morgan fingerprint density at radius 1 is 1.33 bits per heavy atom. The van der Waals surface area contributed by atoms with E-state index in [0.717, 1.165) is 10.0 Å². The van der Waals surface area contributed by atoms with Crippen LogP contribution in [0.4, 0.5) is 5.69 Å². The lowest BCUT2D eigenvalue weighted by Crippen LogP contribution is -2.05. The van der Waals surface area contributed by atoms with Gasteiger partial charge in [-0.25, -0.2) is 4.79 Å². The highest BCUT2D eigenvalue weighted by atomic mass is 79.9. The first-order chi connectivity index (χ1) is 10.0. The Bertz CT molecular complexity index is 676. The molecule has 0 spiro atoms. The molecular formula is C14H13BrN2O4. The maximum Gasteiger partial charge on any atom is 0.337 e. The third kappa shape index (κ3) is 3.63. The van der Waals surface area contributed by atoms with Crippen molar-refractivity contribution in [3.63, 3.8) is 0 Å². The Hall–Kier alpha value is -2.28. The maximum atomic E-state index is 11.1.